The summed E-state index contributed by atoms with van der Waals surface area (Å²) in [7, 11) is -3.65. The van der Waals surface area contributed by atoms with Gasteiger partial charge in [0, 0.05) is 33.4 Å². The third kappa shape index (κ3) is 38.6. The maximum Gasteiger partial charge on any atom is 0.472 e. The summed E-state index contributed by atoms with van der Waals surface area (Å²) < 4.78 is 55.5. The number of amides is 2. The summed E-state index contributed by atoms with van der Waals surface area (Å²) in [6.45, 7) is 8.25. The Morgan fingerprint density at radius 2 is 0.965 bits per heavy atom. The van der Waals surface area contributed by atoms with E-state index in [2.05, 4.69) is 50.5 Å². The topological polar surface area (TPSA) is 261 Å². The maximum absolute atomic E-state index is 13.9. The van der Waals surface area contributed by atoms with Crippen molar-refractivity contribution in [2.75, 3.05) is 33.5 Å². The van der Waals surface area contributed by atoms with Crippen molar-refractivity contribution in [2.24, 2.45) is 0 Å². The van der Waals surface area contributed by atoms with E-state index in [9.17, 15) is 44.4 Å². The lowest BCUT2D eigenvalue weighted by molar-refractivity contribution is -0.300. The number of carbonyl (C=O) groups excluding carboxylic acids is 2. The van der Waals surface area contributed by atoms with Gasteiger partial charge in [0.05, 0.1) is 31.3 Å². The molecule has 0 aromatic heterocycles. The Labute approximate surface area is 515 Å². The molecule has 2 heterocycles. The van der Waals surface area contributed by atoms with Crippen LogP contribution in [0, 0.1) is 0 Å². The number of hydrogen-bond donors (Lipinski definition) is 8. The number of aliphatic hydroxyl groups is 4. The van der Waals surface area contributed by atoms with Gasteiger partial charge in [0.15, 0.2) is 12.6 Å². The molecule has 0 aliphatic carbocycles. The number of ether oxygens (including phenoxy) is 6. The number of nitrogens with one attached hydrogen (secondary N) is 2. The van der Waals surface area contributed by atoms with Crippen LogP contribution in [0.3, 0.4) is 0 Å². The van der Waals surface area contributed by atoms with E-state index in [1.54, 1.807) is 7.11 Å². The van der Waals surface area contributed by atoms with Gasteiger partial charge >= 0.3 is 7.82 Å². The monoisotopic (exact) mass is 1230 g/mol. The number of aliphatic hydroxyl groups excluding tert-OH is 4. The molecule has 2 amide bonds. The molecule has 2 fully saturated rings. The van der Waals surface area contributed by atoms with E-state index in [1.807, 2.05) is 0 Å². The van der Waals surface area contributed by atoms with Gasteiger partial charge in [-0.15, -0.1) is 0 Å². The average molecular weight is 1240 g/mol. The Kier molecular flexibility index (Phi) is 48.7. The average Bonchev–Trinajstić information content (AvgIpc) is 2.88. The third-order valence-electron chi connectivity index (χ3n) is 16.8. The van der Waals surface area contributed by atoms with E-state index in [4.69, 9.17) is 32.9 Å². The van der Waals surface area contributed by atoms with Crippen LogP contribution in [-0.4, -0.2) is 149 Å². The minimum atomic E-state index is -5.32. The van der Waals surface area contributed by atoms with Crippen molar-refractivity contribution in [3.8, 4) is 0 Å². The second-order valence-electron chi connectivity index (χ2n) is 24.5. The predicted octanol–water partition coefficient (Wildman–Crippen LogP) is 13.0. The first-order valence-electron chi connectivity index (χ1n) is 34.5. The minimum absolute atomic E-state index is 0.000506. The summed E-state index contributed by atoms with van der Waals surface area (Å²) in [4.78, 5) is 48.1. The highest BCUT2D eigenvalue weighted by Gasteiger charge is 2.51. The highest BCUT2D eigenvalue weighted by molar-refractivity contribution is 7.46. The van der Waals surface area contributed by atoms with Crippen LogP contribution in [0.15, 0.2) is 12.2 Å². The molecule has 2 aliphatic heterocycles. The van der Waals surface area contributed by atoms with Crippen molar-refractivity contribution >= 4 is 19.6 Å². The molecule has 18 nitrogen and oxygen atoms in total. The molecule has 0 bridgehead atoms. The van der Waals surface area contributed by atoms with Gasteiger partial charge in [-0.05, 0) is 64.2 Å². The predicted molar refractivity (Wildman–Crippen MR) is 337 cm³/mol. The van der Waals surface area contributed by atoms with Gasteiger partial charge in [0.25, 0.3) is 0 Å². The quantitative estimate of drug-likeness (QED) is 0.0160. The molecule has 12 unspecified atom stereocenters. The van der Waals surface area contributed by atoms with Gasteiger partial charge in [-0.1, -0.05) is 226 Å². The van der Waals surface area contributed by atoms with Crippen LogP contribution in [-0.2, 0) is 47.1 Å². The molecule has 502 valence electrons. The standard InChI is InChI=1S/C66H127N2O16P/c1-6-10-14-18-21-24-25-26-27-28-29-31-33-37-41-45-57(71)67-59-63(80-50-47-54(78-5)44-40-35-17-13-9-4)61(73)55(46-48-69)82-65(59)81-52-56-62(74)64(79-49-42-38-34-23-20-16-12-8-3)60(66(83-56)84-85(75,76)77)68-58(72)51-53(70)43-39-36-32-30-22-19-15-11-7-2/h24-25,53-56,59-66,69-70,73-74H,6-23,26-52H2,1-5H3,(H,67,71)(H,68,72)(H2,75,76,77)/b25-24-. The van der Waals surface area contributed by atoms with Crippen molar-refractivity contribution < 1.29 is 77.3 Å². The van der Waals surface area contributed by atoms with E-state index in [0.717, 1.165) is 128 Å². The number of unbranched alkanes of at least 4 members (excludes halogenated alkanes) is 30. The highest BCUT2D eigenvalue weighted by Crippen LogP contribution is 2.41. The van der Waals surface area contributed by atoms with Crippen molar-refractivity contribution in [3.63, 3.8) is 0 Å². The number of methoxy groups -OCH3 is 1. The molecule has 0 radical (unpaired) electrons. The van der Waals surface area contributed by atoms with Gasteiger partial charge in [-0.2, -0.15) is 0 Å². The van der Waals surface area contributed by atoms with Crippen molar-refractivity contribution in [2.45, 2.75) is 364 Å². The van der Waals surface area contributed by atoms with E-state index < -0.39 is 87.7 Å². The molecule has 2 aliphatic rings. The zero-order chi connectivity index (χ0) is 62.2. The number of allylic oxidation sites excluding steroid dienone is 2. The Bertz CT molecular complexity index is 1660. The molecule has 8 N–H and O–H groups in total. The van der Waals surface area contributed by atoms with Crippen molar-refractivity contribution in [3.05, 3.63) is 12.2 Å². The molecule has 2 saturated heterocycles. The molecule has 0 aromatic rings. The van der Waals surface area contributed by atoms with E-state index in [-0.39, 0.29) is 51.1 Å². The lowest BCUT2D eigenvalue weighted by Crippen LogP contribution is -2.67. The molecular formula is C66H127N2O16P. The van der Waals surface area contributed by atoms with Crippen LogP contribution >= 0.6 is 7.82 Å². The van der Waals surface area contributed by atoms with Crippen LogP contribution in [0.1, 0.15) is 291 Å². The molecular weight excluding hydrogens is 1110 g/mol. The Morgan fingerprint density at radius 1 is 0.529 bits per heavy atom. The normalized spacial score (nSPS) is 23.6. The van der Waals surface area contributed by atoms with Crippen LogP contribution in [0.5, 0.6) is 0 Å². The van der Waals surface area contributed by atoms with Gasteiger partial charge in [0.2, 0.25) is 11.8 Å². The van der Waals surface area contributed by atoms with E-state index in [0.29, 0.717) is 25.7 Å². The molecule has 19 heteroatoms. The summed E-state index contributed by atoms with van der Waals surface area (Å²) in [5.74, 6) is -0.944. The lowest BCUT2D eigenvalue weighted by atomic mass is 9.94. The Hall–Kier alpha value is -1.61. The first-order chi connectivity index (χ1) is 41.2. The van der Waals surface area contributed by atoms with Crippen LogP contribution in [0.25, 0.3) is 0 Å². The zero-order valence-electron chi connectivity index (χ0n) is 54.1. The summed E-state index contributed by atoms with van der Waals surface area (Å²) in [6, 6.07) is -2.52. The summed E-state index contributed by atoms with van der Waals surface area (Å²) in [5.41, 5.74) is 0. The van der Waals surface area contributed by atoms with Gasteiger partial charge in [-0.3, -0.25) is 14.1 Å². The molecule has 0 saturated carbocycles. The highest BCUT2D eigenvalue weighted by atomic mass is 31.2. The summed E-state index contributed by atoms with van der Waals surface area (Å²) in [6.07, 6.45) is 32.4. The largest absolute Gasteiger partial charge is 0.472 e. The second kappa shape index (κ2) is 52.1. The van der Waals surface area contributed by atoms with Gasteiger partial charge < -0.3 is 69.3 Å². The number of hydrogen-bond acceptors (Lipinski definition) is 14. The Balaban J connectivity index is 2.33. The zero-order valence-corrected chi connectivity index (χ0v) is 55.0. The van der Waals surface area contributed by atoms with Crippen molar-refractivity contribution in [1.29, 1.82) is 0 Å². The van der Waals surface area contributed by atoms with Gasteiger partial charge in [-0.25, -0.2) is 4.57 Å². The first kappa shape index (κ1) is 79.5. The maximum atomic E-state index is 13.9. The molecule has 12 atom stereocenters. The lowest BCUT2D eigenvalue weighted by Gasteiger charge is -2.47. The fourth-order valence-corrected chi connectivity index (χ4v) is 12.1. The minimum Gasteiger partial charge on any atom is -0.396 e. The molecule has 0 aromatic carbocycles. The number of carbonyl (C=O) groups is 2. The van der Waals surface area contributed by atoms with Gasteiger partial charge in [0.1, 0.15) is 42.6 Å². The molecule has 0 spiro atoms. The smallest absolute Gasteiger partial charge is 0.396 e. The Morgan fingerprint density at radius 3 is 1.49 bits per heavy atom. The summed E-state index contributed by atoms with van der Waals surface area (Å²) in [5, 5.41) is 51.0. The number of phosphoric acid groups is 1. The molecule has 85 heavy (non-hydrogen) atoms. The van der Waals surface area contributed by atoms with E-state index in [1.165, 1.54) is 89.9 Å². The first-order valence-corrected chi connectivity index (χ1v) is 36.1. The number of rotatable bonds is 57. The fourth-order valence-electron chi connectivity index (χ4n) is 11.6. The molecule has 2 rings (SSSR count). The van der Waals surface area contributed by atoms with Crippen LogP contribution in [0.2, 0.25) is 0 Å². The van der Waals surface area contributed by atoms with Crippen LogP contribution < -0.4 is 10.6 Å². The number of phosphoric ester groups is 1. The van der Waals surface area contributed by atoms with Crippen molar-refractivity contribution in [1.82, 2.24) is 10.6 Å². The summed E-state index contributed by atoms with van der Waals surface area (Å²) >= 11 is 0. The SMILES string of the molecule is CCCCCC/C=C\CCCCCCCCCC(=O)NC1C(OCC2OC(OP(=O)(O)O)C(NC(=O)CC(O)CCCCCCCCCCC)C(OCCCCCCCCCC)C2O)OC(CCO)C(O)C1OCCC(CCCCCCC)OC. The van der Waals surface area contributed by atoms with E-state index >= 15 is 0 Å². The second-order valence-corrected chi connectivity index (χ2v) is 25.7. The third-order valence-corrected chi connectivity index (χ3v) is 17.3. The van der Waals surface area contributed by atoms with Crippen LogP contribution in [0.4, 0.5) is 0 Å². The fraction of sp³-hybridized carbons (Fsp3) is 0.939.